The monoisotopic (exact) mass is 317 g/mol. The Kier molecular flexibility index (Phi) is 4.16. The Morgan fingerprint density at radius 1 is 1.13 bits per heavy atom. The molecule has 3 rings (SSSR count). The second-order valence-corrected chi connectivity index (χ2v) is 5.91. The summed E-state index contributed by atoms with van der Waals surface area (Å²) in [4.78, 5) is 2.14. The van der Waals surface area contributed by atoms with Gasteiger partial charge in [0.15, 0.2) is 0 Å². The molecule has 120 valence electrons. The molecule has 1 aliphatic heterocycles. The van der Waals surface area contributed by atoms with E-state index in [2.05, 4.69) is 17.5 Å². The first-order valence-corrected chi connectivity index (χ1v) is 7.59. The molecule has 2 aromatic carbocycles. The summed E-state index contributed by atoms with van der Waals surface area (Å²) in [5.74, 6) is 0.315. The molecule has 4 heteroatoms. The standard InChI is InChI=1S/C19H18F3N/c1-2-14-10-16-7-3-4-9-18(16)23(12-14)13-15-6-5-8-17(11-15)19(20,21)22/h2-9,11,14H,1,10,12-13H2. The van der Waals surface area contributed by atoms with Gasteiger partial charge in [-0.25, -0.2) is 0 Å². The van der Waals surface area contributed by atoms with Crippen LogP contribution in [-0.4, -0.2) is 6.54 Å². The maximum atomic E-state index is 12.9. The molecule has 1 heterocycles. The minimum Gasteiger partial charge on any atom is -0.366 e. The average molecular weight is 317 g/mol. The lowest BCUT2D eigenvalue weighted by Gasteiger charge is -2.35. The van der Waals surface area contributed by atoms with E-state index in [-0.39, 0.29) is 0 Å². The van der Waals surface area contributed by atoms with Crippen LogP contribution in [0.1, 0.15) is 16.7 Å². The summed E-state index contributed by atoms with van der Waals surface area (Å²) < 4.78 is 38.6. The van der Waals surface area contributed by atoms with Crippen LogP contribution >= 0.6 is 0 Å². The molecule has 0 radical (unpaired) electrons. The predicted molar refractivity (Wildman–Crippen MR) is 86.3 cm³/mol. The first-order valence-electron chi connectivity index (χ1n) is 7.59. The lowest BCUT2D eigenvalue weighted by molar-refractivity contribution is -0.137. The van der Waals surface area contributed by atoms with Crippen LogP contribution in [0.4, 0.5) is 18.9 Å². The lowest BCUT2D eigenvalue weighted by Crippen LogP contribution is -2.34. The highest BCUT2D eigenvalue weighted by atomic mass is 19.4. The van der Waals surface area contributed by atoms with Gasteiger partial charge in [-0.1, -0.05) is 36.4 Å². The highest BCUT2D eigenvalue weighted by molar-refractivity contribution is 5.56. The van der Waals surface area contributed by atoms with E-state index in [4.69, 9.17) is 0 Å². The molecule has 0 N–H and O–H groups in total. The van der Waals surface area contributed by atoms with Gasteiger partial charge < -0.3 is 4.90 Å². The first kappa shape index (κ1) is 15.7. The number of hydrogen-bond acceptors (Lipinski definition) is 1. The van der Waals surface area contributed by atoms with Crippen molar-refractivity contribution >= 4 is 5.69 Å². The average Bonchev–Trinajstić information content (AvgIpc) is 2.54. The van der Waals surface area contributed by atoms with Gasteiger partial charge in [0.2, 0.25) is 0 Å². The largest absolute Gasteiger partial charge is 0.416 e. The zero-order valence-electron chi connectivity index (χ0n) is 12.7. The quantitative estimate of drug-likeness (QED) is 0.714. The summed E-state index contributed by atoms with van der Waals surface area (Å²) in [5.41, 5.74) is 2.39. The van der Waals surface area contributed by atoms with Crippen LogP contribution in [0, 0.1) is 5.92 Å². The second kappa shape index (κ2) is 6.11. The molecule has 0 aromatic heterocycles. The molecule has 0 bridgehead atoms. The lowest BCUT2D eigenvalue weighted by atomic mass is 9.92. The third kappa shape index (κ3) is 3.41. The zero-order valence-corrected chi connectivity index (χ0v) is 12.7. The molecule has 23 heavy (non-hydrogen) atoms. The van der Waals surface area contributed by atoms with Gasteiger partial charge >= 0.3 is 6.18 Å². The number of hydrogen-bond donors (Lipinski definition) is 0. The summed E-state index contributed by atoms with van der Waals surface area (Å²) in [6.07, 6.45) is -1.45. The van der Waals surface area contributed by atoms with Gasteiger partial charge in [0, 0.05) is 18.8 Å². The zero-order chi connectivity index (χ0) is 16.4. The number of para-hydroxylation sites is 1. The van der Waals surface area contributed by atoms with Gasteiger partial charge in [-0.05, 0) is 41.7 Å². The topological polar surface area (TPSA) is 3.24 Å². The maximum Gasteiger partial charge on any atom is 0.416 e. The molecule has 0 fully saturated rings. The van der Waals surface area contributed by atoms with Crippen molar-refractivity contribution in [3.8, 4) is 0 Å². The van der Waals surface area contributed by atoms with Crippen LogP contribution in [0.3, 0.4) is 0 Å². The van der Waals surface area contributed by atoms with E-state index < -0.39 is 11.7 Å². The number of benzene rings is 2. The van der Waals surface area contributed by atoms with Gasteiger partial charge in [0.1, 0.15) is 0 Å². The molecule has 1 unspecified atom stereocenters. The molecule has 0 saturated carbocycles. The Bertz CT molecular complexity index is 706. The van der Waals surface area contributed by atoms with E-state index in [9.17, 15) is 13.2 Å². The van der Waals surface area contributed by atoms with Crippen molar-refractivity contribution in [2.24, 2.45) is 5.92 Å². The van der Waals surface area contributed by atoms with Crippen molar-refractivity contribution < 1.29 is 13.2 Å². The number of rotatable bonds is 3. The van der Waals surface area contributed by atoms with Crippen molar-refractivity contribution in [2.45, 2.75) is 19.1 Å². The van der Waals surface area contributed by atoms with E-state index in [0.29, 0.717) is 18.0 Å². The molecule has 0 spiro atoms. The molecule has 0 amide bonds. The first-order chi connectivity index (χ1) is 11.0. The summed E-state index contributed by atoms with van der Waals surface area (Å²) >= 11 is 0. The minimum absolute atomic E-state index is 0.315. The molecular weight excluding hydrogens is 299 g/mol. The Morgan fingerprint density at radius 2 is 1.91 bits per heavy atom. The van der Waals surface area contributed by atoms with Crippen LogP contribution in [0.5, 0.6) is 0 Å². The van der Waals surface area contributed by atoms with Gasteiger partial charge in [0.05, 0.1) is 5.56 Å². The number of fused-ring (bicyclic) bond motifs is 1. The van der Waals surface area contributed by atoms with Crippen LogP contribution in [-0.2, 0) is 19.1 Å². The van der Waals surface area contributed by atoms with Crippen molar-refractivity contribution in [1.82, 2.24) is 0 Å². The van der Waals surface area contributed by atoms with Crippen LogP contribution in [0.15, 0.2) is 61.2 Å². The minimum atomic E-state index is -4.31. The smallest absolute Gasteiger partial charge is 0.366 e. The van der Waals surface area contributed by atoms with Crippen LogP contribution < -0.4 is 4.90 Å². The molecule has 1 nitrogen and oxygen atoms in total. The maximum absolute atomic E-state index is 12.9. The Hall–Kier alpha value is -2.23. The molecule has 1 aliphatic rings. The van der Waals surface area contributed by atoms with Gasteiger partial charge in [-0.2, -0.15) is 13.2 Å². The second-order valence-electron chi connectivity index (χ2n) is 5.91. The molecule has 1 atom stereocenters. The number of halogens is 3. The van der Waals surface area contributed by atoms with Crippen molar-refractivity contribution in [2.75, 3.05) is 11.4 Å². The third-order valence-electron chi connectivity index (χ3n) is 4.23. The van der Waals surface area contributed by atoms with Crippen molar-refractivity contribution in [3.05, 3.63) is 77.9 Å². The molecular formula is C19H18F3N. The fourth-order valence-corrected chi connectivity index (χ4v) is 3.09. The number of nitrogens with zero attached hydrogens (tertiary/aromatic N) is 1. The Balaban J connectivity index is 1.89. The molecule has 0 saturated heterocycles. The third-order valence-corrected chi connectivity index (χ3v) is 4.23. The van der Waals surface area contributed by atoms with E-state index in [1.807, 2.05) is 24.3 Å². The van der Waals surface area contributed by atoms with Crippen molar-refractivity contribution in [1.29, 1.82) is 0 Å². The number of alkyl halides is 3. The predicted octanol–water partition coefficient (Wildman–Crippen LogP) is 5.07. The highest BCUT2D eigenvalue weighted by Crippen LogP contribution is 2.33. The van der Waals surface area contributed by atoms with E-state index in [1.165, 1.54) is 17.7 Å². The normalized spacial score (nSPS) is 17.7. The molecule has 0 aliphatic carbocycles. The Labute approximate surface area is 134 Å². The fourth-order valence-electron chi connectivity index (χ4n) is 3.09. The summed E-state index contributed by atoms with van der Waals surface area (Å²) in [6.45, 7) is 5.11. The van der Waals surface area contributed by atoms with Gasteiger partial charge in [-0.15, -0.1) is 6.58 Å². The van der Waals surface area contributed by atoms with Crippen LogP contribution in [0.2, 0.25) is 0 Å². The van der Waals surface area contributed by atoms with E-state index in [0.717, 1.165) is 24.7 Å². The number of anilines is 1. The summed E-state index contributed by atoms with van der Waals surface area (Å²) in [5, 5.41) is 0. The highest BCUT2D eigenvalue weighted by Gasteiger charge is 2.30. The fraction of sp³-hybridized carbons (Fsp3) is 0.263. The summed E-state index contributed by atoms with van der Waals surface area (Å²) in [6, 6.07) is 13.6. The Morgan fingerprint density at radius 3 is 2.65 bits per heavy atom. The SMILES string of the molecule is C=CC1Cc2ccccc2N(Cc2cccc(C(F)(F)F)c2)C1. The van der Waals surface area contributed by atoms with Gasteiger partial charge in [-0.3, -0.25) is 0 Å². The van der Waals surface area contributed by atoms with E-state index >= 15 is 0 Å². The van der Waals surface area contributed by atoms with E-state index in [1.54, 1.807) is 6.07 Å². The van der Waals surface area contributed by atoms with Crippen molar-refractivity contribution in [3.63, 3.8) is 0 Å². The molecule has 2 aromatic rings. The van der Waals surface area contributed by atoms with Crippen LogP contribution in [0.25, 0.3) is 0 Å². The summed E-state index contributed by atoms with van der Waals surface area (Å²) in [7, 11) is 0. The van der Waals surface area contributed by atoms with Gasteiger partial charge in [0.25, 0.3) is 0 Å².